The molecule has 1 unspecified atom stereocenters. The van der Waals surface area contributed by atoms with Crippen LogP contribution < -0.4 is 4.74 Å². The van der Waals surface area contributed by atoms with Gasteiger partial charge in [-0.3, -0.25) is 4.79 Å². The zero-order valence-corrected chi connectivity index (χ0v) is 9.77. The van der Waals surface area contributed by atoms with E-state index in [4.69, 9.17) is 14.3 Å². The van der Waals surface area contributed by atoms with Gasteiger partial charge in [0.25, 0.3) is 0 Å². The molecule has 4 nitrogen and oxygen atoms in total. The predicted octanol–water partition coefficient (Wildman–Crippen LogP) is 3.02. The first kappa shape index (κ1) is 11.5. The molecule has 1 atom stereocenters. The summed E-state index contributed by atoms with van der Waals surface area (Å²) >= 11 is 0. The van der Waals surface area contributed by atoms with Crippen molar-refractivity contribution in [2.45, 2.75) is 19.3 Å². The van der Waals surface area contributed by atoms with Gasteiger partial charge in [-0.2, -0.15) is 0 Å². The Hall–Kier alpha value is -1.97. The number of ether oxygens (including phenoxy) is 1. The summed E-state index contributed by atoms with van der Waals surface area (Å²) < 4.78 is 10.9. The summed E-state index contributed by atoms with van der Waals surface area (Å²) in [5.41, 5.74) is 0.669. The second-order valence-electron chi connectivity index (χ2n) is 4.03. The van der Waals surface area contributed by atoms with Crippen molar-refractivity contribution < 1.29 is 19.1 Å². The van der Waals surface area contributed by atoms with Crippen molar-refractivity contribution in [1.82, 2.24) is 0 Å². The summed E-state index contributed by atoms with van der Waals surface area (Å²) in [5.74, 6) is 0.359. The van der Waals surface area contributed by atoms with Gasteiger partial charge < -0.3 is 14.3 Å². The molecule has 0 fully saturated rings. The Morgan fingerprint density at radius 3 is 2.94 bits per heavy atom. The second-order valence-corrected chi connectivity index (χ2v) is 4.03. The molecule has 0 spiro atoms. The summed E-state index contributed by atoms with van der Waals surface area (Å²) in [6, 6.07) is 7.48. The number of methoxy groups -OCH3 is 1. The van der Waals surface area contributed by atoms with Crippen LogP contribution in [0.4, 0.5) is 0 Å². The predicted molar refractivity (Wildman–Crippen MR) is 63.4 cm³/mol. The maximum Gasteiger partial charge on any atom is 0.304 e. The molecule has 1 aromatic heterocycles. The van der Waals surface area contributed by atoms with Gasteiger partial charge in [-0.05, 0) is 12.1 Å². The minimum Gasteiger partial charge on any atom is -0.493 e. The van der Waals surface area contributed by atoms with E-state index in [0.717, 1.165) is 5.39 Å². The Morgan fingerprint density at radius 1 is 1.53 bits per heavy atom. The largest absolute Gasteiger partial charge is 0.493 e. The van der Waals surface area contributed by atoms with Crippen molar-refractivity contribution in [3.63, 3.8) is 0 Å². The monoisotopic (exact) mass is 234 g/mol. The third-order valence-electron chi connectivity index (χ3n) is 2.71. The van der Waals surface area contributed by atoms with Crippen LogP contribution in [-0.2, 0) is 4.79 Å². The maximum atomic E-state index is 10.7. The van der Waals surface area contributed by atoms with Gasteiger partial charge in [0.05, 0.1) is 13.5 Å². The van der Waals surface area contributed by atoms with E-state index in [2.05, 4.69) is 0 Å². The first-order chi connectivity index (χ1) is 8.11. The van der Waals surface area contributed by atoms with Gasteiger partial charge in [0.15, 0.2) is 11.3 Å². The fraction of sp³-hybridized carbons (Fsp3) is 0.308. The number of carbonyl (C=O) groups is 1. The van der Waals surface area contributed by atoms with E-state index >= 15 is 0 Å². The van der Waals surface area contributed by atoms with Crippen LogP contribution in [0, 0.1) is 0 Å². The summed E-state index contributed by atoms with van der Waals surface area (Å²) in [5, 5.41) is 9.68. The number of furan rings is 1. The summed E-state index contributed by atoms with van der Waals surface area (Å²) in [6.07, 6.45) is 0.0577. The lowest BCUT2D eigenvalue weighted by Gasteiger charge is -2.03. The Morgan fingerprint density at radius 2 is 2.29 bits per heavy atom. The number of aliphatic carboxylic acids is 1. The maximum absolute atomic E-state index is 10.7. The van der Waals surface area contributed by atoms with E-state index in [1.807, 2.05) is 31.2 Å². The van der Waals surface area contributed by atoms with Gasteiger partial charge >= 0.3 is 5.97 Å². The molecule has 1 aromatic carbocycles. The van der Waals surface area contributed by atoms with Crippen molar-refractivity contribution in [3.05, 3.63) is 30.0 Å². The number of para-hydroxylation sites is 1. The lowest BCUT2D eigenvalue weighted by atomic mass is 10.1. The van der Waals surface area contributed by atoms with Crippen LogP contribution in [0.15, 0.2) is 28.7 Å². The van der Waals surface area contributed by atoms with Crippen LogP contribution in [0.3, 0.4) is 0 Å². The third-order valence-corrected chi connectivity index (χ3v) is 2.71. The van der Waals surface area contributed by atoms with Crippen molar-refractivity contribution in [2.24, 2.45) is 0 Å². The molecule has 17 heavy (non-hydrogen) atoms. The Labute approximate surface area is 98.8 Å². The highest BCUT2D eigenvalue weighted by atomic mass is 16.5. The van der Waals surface area contributed by atoms with E-state index in [0.29, 0.717) is 17.1 Å². The van der Waals surface area contributed by atoms with E-state index in [-0.39, 0.29) is 12.3 Å². The number of carboxylic acids is 1. The summed E-state index contributed by atoms with van der Waals surface area (Å²) in [7, 11) is 1.58. The molecular formula is C13H14O4. The quantitative estimate of drug-likeness (QED) is 0.883. The smallest absolute Gasteiger partial charge is 0.304 e. The third kappa shape index (κ3) is 2.25. The van der Waals surface area contributed by atoms with Gasteiger partial charge in [-0.15, -0.1) is 0 Å². The molecule has 0 saturated carbocycles. The minimum atomic E-state index is -0.829. The topological polar surface area (TPSA) is 59.7 Å². The van der Waals surface area contributed by atoms with E-state index in [1.165, 1.54) is 0 Å². The fourth-order valence-corrected chi connectivity index (χ4v) is 1.82. The van der Waals surface area contributed by atoms with Crippen molar-refractivity contribution >= 4 is 16.9 Å². The number of hydrogen-bond acceptors (Lipinski definition) is 3. The molecule has 0 radical (unpaired) electrons. The number of rotatable bonds is 4. The molecule has 1 N–H and O–H groups in total. The highest BCUT2D eigenvalue weighted by molar-refractivity contribution is 5.84. The van der Waals surface area contributed by atoms with Crippen LogP contribution >= 0.6 is 0 Å². The Bertz CT molecular complexity index is 541. The average Bonchev–Trinajstić information content (AvgIpc) is 2.71. The van der Waals surface area contributed by atoms with E-state index < -0.39 is 5.97 Å². The molecule has 0 aliphatic rings. The molecule has 2 aromatic rings. The normalized spacial score (nSPS) is 12.6. The number of benzene rings is 1. The van der Waals surface area contributed by atoms with Crippen molar-refractivity contribution in [1.29, 1.82) is 0 Å². The van der Waals surface area contributed by atoms with Crippen molar-refractivity contribution in [3.8, 4) is 5.75 Å². The molecule has 0 aliphatic heterocycles. The summed E-state index contributed by atoms with van der Waals surface area (Å²) in [4.78, 5) is 10.7. The SMILES string of the molecule is COc1cccc2cc(C(C)CC(=O)O)oc12. The lowest BCUT2D eigenvalue weighted by Crippen LogP contribution is -2.01. The standard InChI is InChI=1S/C13H14O4/c1-8(6-12(14)15)11-7-9-4-3-5-10(16-2)13(9)17-11/h3-5,7-8H,6H2,1-2H3,(H,14,15). The zero-order chi connectivity index (χ0) is 12.4. The zero-order valence-electron chi connectivity index (χ0n) is 9.77. The van der Waals surface area contributed by atoms with Gasteiger partial charge in [0.1, 0.15) is 5.76 Å². The molecule has 90 valence electrons. The van der Waals surface area contributed by atoms with Crippen LogP contribution in [0.2, 0.25) is 0 Å². The lowest BCUT2D eigenvalue weighted by molar-refractivity contribution is -0.137. The molecule has 1 heterocycles. The highest BCUT2D eigenvalue weighted by Gasteiger charge is 2.16. The summed E-state index contributed by atoms with van der Waals surface area (Å²) in [6.45, 7) is 1.83. The van der Waals surface area contributed by atoms with Gasteiger partial charge in [0.2, 0.25) is 0 Å². The Balaban J connectivity index is 2.40. The fourth-order valence-electron chi connectivity index (χ4n) is 1.82. The molecule has 0 aliphatic carbocycles. The number of hydrogen-bond donors (Lipinski definition) is 1. The van der Waals surface area contributed by atoms with Gasteiger partial charge in [0, 0.05) is 11.3 Å². The Kier molecular flexibility index (Phi) is 3.04. The van der Waals surface area contributed by atoms with Crippen LogP contribution in [0.25, 0.3) is 11.0 Å². The molecule has 0 saturated heterocycles. The molecule has 0 bridgehead atoms. The highest BCUT2D eigenvalue weighted by Crippen LogP contribution is 2.32. The van der Waals surface area contributed by atoms with E-state index in [1.54, 1.807) is 7.11 Å². The molecule has 4 heteroatoms. The number of carboxylic acid groups (broad SMARTS) is 1. The second kappa shape index (κ2) is 4.49. The first-order valence-electron chi connectivity index (χ1n) is 5.40. The van der Waals surface area contributed by atoms with Crippen LogP contribution in [-0.4, -0.2) is 18.2 Å². The first-order valence-corrected chi connectivity index (χ1v) is 5.40. The van der Waals surface area contributed by atoms with Crippen molar-refractivity contribution in [2.75, 3.05) is 7.11 Å². The van der Waals surface area contributed by atoms with Crippen LogP contribution in [0.5, 0.6) is 5.75 Å². The molecule has 0 amide bonds. The molecule has 2 rings (SSSR count). The molecular weight excluding hydrogens is 220 g/mol. The minimum absolute atomic E-state index is 0.0577. The van der Waals surface area contributed by atoms with E-state index in [9.17, 15) is 4.79 Å². The average molecular weight is 234 g/mol. The van der Waals surface area contributed by atoms with Gasteiger partial charge in [-0.25, -0.2) is 0 Å². The van der Waals surface area contributed by atoms with Crippen LogP contribution in [0.1, 0.15) is 25.0 Å². The van der Waals surface area contributed by atoms with Gasteiger partial charge in [-0.1, -0.05) is 19.1 Å². The number of fused-ring (bicyclic) bond motifs is 1.